The minimum atomic E-state index is -0.507. The summed E-state index contributed by atoms with van der Waals surface area (Å²) in [4.78, 5) is 11.9. The molecule has 0 fully saturated rings. The van der Waals surface area contributed by atoms with E-state index in [0.717, 1.165) is 12.1 Å². The zero-order valence-corrected chi connectivity index (χ0v) is 12.3. The third-order valence-corrected chi connectivity index (χ3v) is 2.82. The van der Waals surface area contributed by atoms with E-state index in [-0.39, 0.29) is 23.7 Å². The van der Waals surface area contributed by atoms with E-state index in [1.807, 2.05) is 45.0 Å². The second kappa shape index (κ2) is 6.76. The van der Waals surface area contributed by atoms with Crippen LogP contribution in [0.3, 0.4) is 0 Å². The predicted octanol–water partition coefficient (Wildman–Crippen LogP) is 2.98. The van der Waals surface area contributed by atoms with Crippen LogP contribution in [0.15, 0.2) is 24.3 Å². The second-order valence-electron chi connectivity index (χ2n) is 5.39. The fourth-order valence-electron chi connectivity index (χ4n) is 1.48. The summed E-state index contributed by atoms with van der Waals surface area (Å²) in [6.07, 6.45) is 0.953. The minimum absolute atomic E-state index is 0. The maximum absolute atomic E-state index is 11.9. The van der Waals surface area contributed by atoms with Gasteiger partial charge in [-0.1, -0.05) is 39.8 Å². The molecule has 0 bridgehead atoms. The third-order valence-electron chi connectivity index (χ3n) is 2.82. The Balaban J connectivity index is 0.00000289. The maximum Gasteiger partial charge on any atom is 0.241 e. The summed E-state index contributed by atoms with van der Waals surface area (Å²) in [6, 6.07) is 7.34. The topological polar surface area (TPSA) is 55.1 Å². The highest BCUT2D eigenvalue weighted by Gasteiger charge is 2.27. The highest BCUT2D eigenvalue weighted by molar-refractivity contribution is 5.95. The molecule has 1 aromatic carbocycles. The Morgan fingerprint density at radius 1 is 1.39 bits per heavy atom. The molecule has 0 heterocycles. The number of nitrogens with one attached hydrogen (secondary N) is 1. The Labute approximate surface area is 116 Å². The van der Waals surface area contributed by atoms with Crippen molar-refractivity contribution in [3.63, 3.8) is 0 Å². The summed E-state index contributed by atoms with van der Waals surface area (Å²) in [5.41, 5.74) is 7.69. The number of rotatable bonds is 3. The van der Waals surface area contributed by atoms with Crippen LogP contribution in [0.1, 0.15) is 33.3 Å². The van der Waals surface area contributed by atoms with Crippen LogP contribution in [0, 0.1) is 5.41 Å². The quantitative estimate of drug-likeness (QED) is 0.887. The zero-order chi connectivity index (χ0) is 13.1. The molecule has 0 radical (unpaired) electrons. The fraction of sp³-hybridized carbons (Fsp3) is 0.500. The van der Waals surface area contributed by atoms with Crippen molar-refractivity contribution in [2.45, 2.75) is 40.2 Å². The van der Waals surface area contributed by atoms with Gasteiger partial charge in [0.05, 0.1) is 6.04 Å². The normalized spacial score (nSPS) is 12.5. The Morgan fingerprint density at radius 2 is 2.00 bits per heavy atom. The van der Waals surface area contributed by atoms with E-state index < -0.39 is 6.04 Å². The molecule has 3 nitrogen and oxygen atoms in total. The van der Waals surface area contributed by atoms with Gasteiger partial charge < -0.3 is 11.1 Å². The van der Waals surface area contributed by atoms with Crippen LogP contribution in [-0.4, -0.2) is 11.9 Å². The lowest BCUT2D eigenvalue weighted by Gasteiger charge is -2.25. The molecule has 18 heavy (non-hydrogen) atoms. The molecule has 0 aliphatic carbocycles. The van der Waals surface area contributed by atoms with Crippen molar-refractivity contribution in [3.05, 3.63) is 29.8 Å². The predicted molar refractivity (Wildman–Crippen MR) is 79.1 cm³/mol. The van der Waals surface area contributed by atoms with Crippen molar-refractivity contribution in [1.82, 2.24) is 0 Å². The average molecular weight is 271 g/mol. The Bertz CT molecular complexity index is 399. The van der Waals surface area contributed by atoms with Crippen LogP contribution in [0.2, 0.25) is 0 Å². The number of amides is 1. The van der Waals surface area contributed by atoms with E-state index in [9.17, 15) is 4.79 Å². The molecule has 0 aliphatic rings. The highest BCUT2D eigenvalue weighted by atomic mass is 35.5. The monoisotopic (exact) mass is 270 g/mol. The molecule has 3 N–H and O–H groups in total. The second-order valence-corrected chi connectivity index (χ2v) is 5.39. The number of hydrogen-bond acceptors (Lipinski definition) is 2. The summed E-state index contributed by atoms with van der Waals surface area (Å²) in [7, 11) is 0. The van der Waals surface area contributed by atoms with Gasteiger partial charge in [0.1, 0.15) is 0 Å². The van der Waals surface area contributed by atoms with Crippen molar-refractivity contribution in [3.8, 4) is 0 Å². The van der Waals surface area contributed by atoms with Crippen LogP contribution in [-0.2, 0) is 11.2 Å². The molecule has 1 atom stereocenters. The Hall–Kier alpha value is -1.06. The number of anilines is 1. The van der Waals surface area contributed by atoms with Crippen molar-refractivity contribution in [2.75, 3.05) is 5.32 Å². The van der Waals surface area contributed by atoms with Gasteiger partial charge in [-0.05, 0) is 29.5 Å². The van der Waals surface area contributed by atoms with Gasteiger partial charge in [0.25, 0.3) is 0 Å². The standard InChI is InChI=1S/C14H22N2O.ClH/c1-5-10-7-6-8-11(9-10)16-13(17)12(15)14(2,3)4;/h6-9,12H,5,15H2,1-4H3,(H,16,17);1H/t12-;/m1./s1. The number of benzene rings is 1. The van der Waals surface area contributed by atoms with Gasteiger partial charge in [0, 0.05) is 5.69 Å². The van der Waals surface area contributed by atoms with E-state index in [2.05, 4.69) is 12.2 Å². The summed E-state index contributed by atoms with van der Waals surface area (Å²) in [6.45, 7) is 7.96. The number of halogens is 1. The van der Waals surface area contributed by atoms with Crippen LogP contribution < -0.4 is 11.1 Å². The number of aryl methyl sites for hydroxylation is 1. The van der Waals surface area contributed by atoms with Gasteiger partial charge in [-0.15, -0.1) is 12.4 Å². The van der Waals surface area contributed by atoms with Crippen molar-refractivity contribution in [1.29, 1.82) is 0 Å². The Kier molecular flexibility index (Phi) is 6.36. The first kappa shape index (κ1) is 16.9. The van der Waals surface area contributed by atoms with E-state index in [1.54, 1.807) is 0 Å². The molecular weight excluding hydrogens is 248 g/mol. The summed E-state index contributed by atoms with van der Waals surface area (Å²) >= 11 is 0. The largest absolute Gasteiger partial charge is 0.325 e. The van der Waals surface area contributed by atoms with Crippen LogP contribution in [0.25, 0.3) is 0 Å². The Morgan fingerprint density at radius 3 is 2.50 bits per heavy atom. The molecule has 1 aromatic rings. The van der Waals surface area contributed by atoms with E-state index in [1.165, 1.54) is 5.56 Å². The lowest BCUT2D eigenvalue weighted by Crippen LogP contribution is -2.45. The number of nitrogens with two attached hydrogens (primary N) is 1. The van der Waals surface area contributed by atoms with Crippen LogP contribution in [0.5, 0.6) is 0 Å². The average Bonchev–Trinajstić information content (AvgIpc) is 2.27. The van der Waals surface area contributed by atoms with Crippen LogP contribution >= 0.6 is 12.4 Å². The SMILES string of the molecule is CCc1cccc(NC(=O)[C@@H](N)C(C)(C)C)c1.Cl. The third kappa shape index (κ3) is 4.67. The van der Waals surface area contributed by atoms with Crippen LogP contribution in [0.4, 0.5) is 5.69 Å². The highest BCUT2D eigenvalue weighted by Crippen LogP contribution is 2.19. The van der Waals surface area contributed by atoms with E-state index in [0.29, 0.717) is 0 Å². The first-order valence-electron chi connectivity index (χ1n) is 6.00. The van der Waals surface area contributed by atoms with E-state index >= 15 is 0 Å². The first-order valence-corrected chi connectivity index (χ1v) is 6.00. The molecular formula is C14H23ClN2O. The number of hydrogen-bond donors (Lipinski definition) is 2. The zero-order valence-electron chi connectivity index (χ0n) is 11.5. The minimum Gasteiger partial charge on any atom is -0.325 e. The molecule has 102 valence electrons. The smallest absolute Gasteiger partial charge is 0.241 e. The molecule has 0 spiro atoms. The summed E-state index contributed by atoms with van der Waals surface area (Å²) in [5.74, 6) is -0.134. The van der Waals surface area contributed by atoms with Crippen molar-refractivity contribution >= 4 is 24.0 Å². The molecule has 0 saturated carbocycles. The molecule has 1 rings (SSSR count). The molecule has 0 saturated heterocycles. The van der Waals surface area contributed by atoms with E-state index in [4.69, 9.17) is 5.73 Å². The molecule has 0 aromatic heterocycles. The van der Waals surface area contributed by atoms with Gasteiger partial charge in [-0.2, -0.15) is 0 Å². The number of carbonyl (C=O) groups excluding carboxylic acids is 1. The lowest BCUT2D eigenvalue weighted by atomic mass is 9.87. The van der Waals surface area contributed by atoms with Gasteiger partial charge >= 0.3 is 0 Å². The van der Waals surface area contributed by atoms with Gasteiger partial charge in [0.2, 0.25) is 5.91 Å². The lowest BCUT2D eigenvalue weighted by molar-refractivity contribution is -0.119. The van der Waals surface area contributed by atoms with Crippen molar-refractivity contribution in [2.24, 2.45) is 11.1 Å². The van der Waals surface area contributed by atoms with Gasteiger partial charge in [-0.3, -0.25) is 4.79 Å². The fourth-order valence-corrected chi connectivity index (χ4v) is 1.48. The van der Waals surface area contributed by atoms with Gasteiger partial charge in [-0.25, -0.2) is 0 Å². The molecule has 4 heteroatoms. The molecule has 0 aliphatic heterocycles. The summed E-state index contributed by atoms with van der Waals surface area (Å²) < 4.78 is 0. The first-order chi connectivity index (χ1) is 7.84. The summed E-state index contributed by atoms with van der Waals surface area (Å²) in [5, 5.41) is 2.86. The van der Waals surface area contributed by atoms with Gasteiger partial charge in [0.15, 0.2) is 0 Å². The molecule has 0 unspecified atom stereocenters. The number of carbonyl (C=O) groups is 1. The molecule has 1 amide bonds. The maximum atomic E-state index is 11.9. The van der Waals surface area contributed by atoms with Crippen molar-refractivity contribution < 1.29 is 4.79 Å².